The first-order valence-electron chi connectivity index (χ1n) is 12.3. The first-order chi connectivity index (χ1) is 20.0. The summed E-state index contributed by atoms with van der Waals surface area (Å²) in [6.07, 6.45) is -0.440. The molecule has 0 amide bonds. The maximum Gasteiger partial charge on any atom is 0.333 e. The van der Waals surface area contributed by atoms with E-state index in [0.29, 0.717) is 31.9 Å². The molecule has 0 fully saturated rings. The van der Waals surface area contributed by atoms with Gasteiger partial charge in [0.2, 0.25) is 6.43 Å². The summed E-state index contributed by atoms with van der Waals surface area (Å²) in [6, 6.07) is 8.80. The quantitative estimate of drug-likeness (QED) is 0.173. The van der Waals surface area contributed by atoms with Gasteiger partial charge in [0.1, 0.15) is 11.8 Å². The summed E-state index contributed by atoms with van der Waals surface area (Å²) in [5.74, 6) is -0.592. The van der Waals surface area contributed by atoms with Crippen LogP contribution in [0.25, 0.3) is 27.7 Å². The Hall–Kier alpha value is -4.23. The highest BCUT2D eigenvalue weighted by Gasteiger charge is 2.27. The molecule has 3 aromatic heterocycles. The largest absolute Gasteiger partial charge is 0.495 e. The normalized spacial score (nSPS) is 12.4. The number of Topliss-reactive ketones (excluding diaryl/α,β-unsaturated/α-hetero) is 1. The van der Waals surface area contributed by atoms with Crippen LogP contribution >= 0.6 is 23.2 Å². The lowest BCUT2D eigenvalue weighted by Gasteiger charge is -2.21. The van der Waals surface area contributed by atoms with Crippen molar-refractivity contribution in [1.29, 1.82) is 0 Å². The molecule has 0 aliphatic rings. The van der Waals surface area contributed by atoms with Gasteiger partial charge in [-0.2, -0.15) is 13.9 Å². The summed E-state index contributed by atoms with van der Waals surface area (Å²) in [4.78, 5) is 26.7. The molecular weight excluding hydrogens is 603 g/mol. The predicted octanol–water partition coefficient (Wildman–Crippen LogP) is 6.16. The van der Waals surface area contributed by atoms with Gasteiger partial charge in [-0.05, 0) is 35.9 Å². The van der Waals surface area contributed by atoms with Crippen LogP contribution in [0.3, 0.4) is 0 Å². The Morgan fingerprint density at radius 1 is 1.00 bits per heavy atom. The van der Waals surface area contributed by atoms with Gasteiger partial charge in [0.15, 0.2) is 10.9 Å². The molecule has 9 nitrogen and oxygen atoms in total. The highest BCUT2D eigenvalue weighted by molar-refractivity contribution is 6.31. The summed E-state index contributed by atoms with van der Waals surface area (Å²) in [6.45, 7) is -2.85. The second-order valence-electron chi connectivity index (χ2n) is 9.21. The van der Waals surface area contributed by atoms with Crippen LogP contribution in [0.1, 0.15) is 24.6 Å². The van der Waals surface area contributed by atoms with Crippen LogP contribution in [0.2, 0.25) is 10.2 Å². The molecule has 0 bridgehead atoms. The maximum atomic E-state index is 13.7. The number of carbonyl (C=O) groups is 1. The van der Waals surface area contributed by atoms with Crippen molar-refractivity contribution in [2.45, 2.75) is 31.9 Å². The van der Waals surface area contributed by atoms with E-state index in [1.54, 1.807) is 18.2 Å². The van der Waals surface area contributed by atoms with E-state index in [1.807, 2.05) is 0 Å². The minimum Gasteiger partial charge on any atom is -0.495 e. The Morgan fingerprint density at radius 3 is 2.45 bits per heavy atom. The summed E-state index contributed by atoms with van der Waals surface area (Å²) < 4.78 is 61.6. The van der Waals surface area contributed by atoms with Crippen LogP contribution in [0.5, 0.6) is 5.75 Å². The Kier molecular flexibility index (Phi) is 8.32. The van der Waals surface area contributed by atoms with Crippen LogP contribution in [0, 0.1) is 0 Å². The molecule has 5 rings (SSSR count). The zero-order valence-electron chi connectivity index (χ0n) is 21.6. The lowest BCUT2D eigenvalue weighted by atomic mass is 9.99. The molecule has 0 radical (unpaired) electrons. The number of aromatic nitrogens is 6. The number of hydrogen-bond donors (Lipinski definition) is 0. The van der Waals surface area contributed by atoms with Crippen molar-refractivity contribution in [3.63, 3.8) is 0 Å². The van der Waals surface area contributed by atoms with Gasteiger partial charge in [-0.25, -0.2) is 18.1 Å². The van der Waals surface area contributed by atoms with Crippen molar-refractivity contribution in [1.82, 2.24) is 29.3 Å². The van der Waals surface area contributed by atoms with Crippen LogP contribution in [0.15, 0.2) is 65.8 Å². The first kappa shape index (κ1) is 29.3. The van der Waals surface area contributed by atoms with Gasteiger partial charge in [-0.1, -0.05) is 34.5 Å². The summed E-state index contributed by atoms with van der Waals surface area (Å²) in [5.41, 5.74) is 1.01. The van der Waals surface area contributed by atoms with E-state index in [1.165, 1.54) is 42.4 Å². The van der Waals surface area contributed by atoms with Crippen molar-refractivity contribution in [2.75, 3.05) is 7.11 Å². The van der Waals surface area contributed by atoms with Crippen LogP contribution in [-0.2, 0) is 11.2 Å². The number of fused-ring (bicyclic) bond motifs is 1. The lowest BCUT2D eigenvalue weighted by Crippen LogP contribution is -2.32. The molecule has 0 N–H and O–H groups in total. The zero-order chi connectivity index (χ0) is 30.1. The van der Waals surface area contributed by atoms with Gasteiger partial charge in [-0.3, -0.25) is 9.59 Å². The number of benzene rings is 2. The molecule has 2 aromatic carbocycles. The fourth-order valence-electron chi connectivity index (χ4n) is 4.62. The third-order valence-electron chi connectivity index (χ3n) is 6.50. The summed E-state index contributed by atoms with van der Waals surface area (Å²) in [5, 5.41) is 12.2. The van der Waals surface area contributed by atoms with Crippen LogP contribution in [0.4, 0.5) is 17.6 Å². The predicted molar refractivity (Wildman–Crippen MR) is 147 cm³/mol. The van der Waals surface area contributed by atoms with Crippen molar-refractivity contribution < 1.29 is 27.1 Å². The van der Waals surface area contributed by atoms with Crippen molar-refractivity contribution in [3.8, 4) is 22.6 Å². The maximum absolute atomic E-state index is 13.7. The smallest absolute Gasteiger partial charge is 0.333 e. The molecule has 1 atom stereocenters. The molecule has 0 aliphatic carbocycles. The first-order valence-corrected chi connectivity index (χ1v) is 13.0. The number of pyridine rings is 1. The second kappa shape index (κ2) is 11.9. The summed E-state index contributed by atoms with van der Waals surface area (Å²) >= 11 is 12.2. The average molecular weight is 623 g/mol. The molecule has 15 heteroatoms. The minimum absolute atomic E-state index is 0.0947. The van der Waals surface area contributed by atoms with Crippen molar-refractivity contribution in [2.24, 2.45) is 0 Å². The molecule has 42 heavy (non-hydrogen) atoms. The van der Waals surface area contributed by atoms with E-state index < -0.39 is 36.8 Å². The van der Waals surface area contributed by atoms with Gasteiger partial charge < -0.3 is 9.30 Å². The van der Waals surface area contributed by atoms with Gasteiger partial charge in [0, 0.05) is 46.6 Å². The third kappa shape index (κ3) is 6.02. The number of ketones is 1. The molecule has 0 saturated heterocycles. The van der Waals surface area contributed by atoms with E-state index in [4.69, 9.17) is 27.9 Å². The number of hydrogen-bond acceptors (Lipinski definition) is 6. The average Bonchev–Trinajstić information content (AvgIpc) is 3.57. The molecule has 0 spiro atoms. The highest BCUT2D eigenvalue weighted by atomic mass is 35.5. The SMILES string of the molecule is COc1cn(C(CC(F)F)C(=O)Cc2ccc3nn(C(F)F)cc3c2)c(=O)cc1-c1cc(Cl)ccc1-n1cc(Cl)nn1. The van der Waals surface area contributed by atoms with Crippen LogP contribution < -0.4 is 10.3 Å². The Morgan fingerprint density at radius 2 is 1.79 bits per heavy atom. The third-order valence-corrected chi connectivity index (χ3v) is 6.91. The van der Waals surface area contributed by atoms with E-state index in [0.717, 1.165) is 16.8 Å². The monoisotopic (exact) mass is 622 g/mol. The number of ether oxygens (including phenoxy) is 1. The van der Waals surface area contributed by atoms with E-state index >= 15 is 0 Å². The molecular formula is C27H20Cl2F4N6O3. The number of halogens is 6. The summed E-state index contributed by atoms with van der Waals surface area (Å²) in [7, 11) is 1.32. The van der Waals surface area contributed by atoms with E-state index in [-0.39, 0.29) is 28.4 Å². The molecule has 5 aromatic rings. The minimum atomic E-state index is -2.92. The van der Waals surface area contributed by atoms with Gasteiger partial charge >= 0.3 is 6.55 Å². The molecule has 0 saturated carbocycles. The van der Waals surface area contributed by atoms with Crippen LogP contribution in [-0.4, -0.2) is 48.7 Å². The fraction of sp³-hybridized carbons (Fsp3) is 0.222. The zero-order valence-corrected chi connectivity index (χ0v) is 23.1. The number of rotatable bonds is 10. The van der Waals surface area contributed by atoms with Crippen molar-refractivity contribution >= 4 is 39.9 Å². The number of nitrogens with zero attached hydrogens (tertiary/aromatic N) is 6. The molecule has 1 unspecified atom stereocenters. The van der Waals surface area contributed by atoms with E-state index in [2.05, 4.69) is 15.4 Å². The number of alkyl halides is 4. The van der Waals surface area contributed by atoms with Gasteiger partial charge in [0.05, 0.1) is 30.7 Å². The Bertz CT molecular complexity index is 1840. The Balaban J connectivity index is 1.53. The molecule has 0 aliphatic heterocycles. The second-order valence-corrected chi connectivity index (χ2v) is 10.0. The topological polar surface area (TPSA) is 96.8 Å². The number of methoxy groups -OCH3 is 1. The fourth-order valence-corrected chi connectivity index (χ4v) is 4.92. The highest BCUT2D eigenvalue weighted by Crippen LogP contribution is 2.36. The molecule has 218 valence electrons. The lowest BCUT2D eigenvalue weighted by molar-refractivity contribution is -0.122. The van der Waals surface area contributed by atoms with Gasteiger partial charge in [-0.15, -0.1) is 5.10 Å². The standard InChI is InChI=1S/C27H20Cl2F4N6O3/c1-42-23-12-37(26(41)9-18(23)17-8-16(28)3-5-20(17)38-13-24(29)34-36-38)21(10-25(30)31)22(40)7-14-2-4-19-15(6-14)11-39(35-19)27(32)33/h2-6,8-9,11-13,21,25,27H,7,10H2,1H3. The number of carbonyl (C=O) groups excluding carboxylic acids is 1. The van der Waals surface area contributed by atoms with Gasteiger partial charge in [0.25, 0.3) is 5.56 Å². The Labute approximate surface area is 244 Å². The molecule has 3 heterocycles. The van der Waals surface area contributed by atoms with E-state index in [9.17, 15) is 27.2 Å². The van der Waals surface area contributed by atoms with Crippen molar-refractivity contribution in [3.05, 3.63) is 87.1 Å².